The number of carbonyl (C=O) groups is 1. The minimum atomic E-state index is -0.690. The van der Waals surface area contributed by atoms with Gasteiger partial charge in [0.2, 0.25) is 5.89 Å². The summed E-state index contributed by atoms with van der Waals surface area (Å²) in [5, 5.41) is 15.1. The number of carbonyl (C=O) groups excluding carboxylic acids is 1. The van der Waals surface area contributed by atoms with Gasteiger partial charge in [-0.2, -0.15) is 15.2 Å². The Morgan fingerprint density at radius 3 is 2.66 bits per heavy atom. The number of benzene rings is 1. The first-order valence-corrected chi connectivity index (χ1v) is 11.2. The lowest BCUT2D eigenvalue weighted by Gasteiger charge is -2.08. The van der Waals surface area contributed by atoms with Crippen LogP contribution in [0.25, 0.3) is 28.0 Å². The molecule has 35 heavy (non-hydrogen) atoms. The van der Waals surface area contributed by atoms with Crippen molar-refractivity contribution >= 4 is 11.4 Å². The highest BCUT2D eigenvalue weighted by molar-refractivity contribution is 5.90. The van der Waals surface area contributed by atoms with E-state index in [4.69, 9.17) is 9.51 Å². The number of rotatable bonds is 7. The quantitative estimate of drug-likeness (QED) is 0.387. The van der Waals surface area contributed by atoms with E-state index in [1.165, 1.54) is 0 Å². The summed E-state index contributed by atoms with van der Waals surface area (Å²) in [6.07, 6.45) is 8.60. The fraction of sp³-hybridized carbons (Fsp3) is 0.250. The zero-order chi connectivity index (χ0) is 24.0. The van der Waals surface area contributed by atoms with Crippen molar-refractivity contribution in [1.29, 1.82) is 0 Å². The number of halogens is 1. The third-order valence-corrected chi connectivity index (χ3v) is 6.26. The van der Waals surface area contributed by atoms with Crippen LogP contribution in [0.1, 0.15) is 34.9 Å². The maximum atomic E-state index is 13.2. The molecule has 0 unspecified atom stereocenters. The third kappa shape index (κ3) is 3.84. The van der Waals surface area contributed by atoms with E-state index < -0.39 is 18.0 Å². The van der Waals surface area contributed by atoms with Crippen LogP contribution in [0, 0.1) is 0 Å². The first-order chi connectivity index (χ1) is 17.0. The molecular weight excluding hydrogens is 451 g/mol. The lowest BCUT2D eigenvalue weighted by Crippen LogP contribution is -2.24. The topological polar surface area (TPSA) is 116 Å². The van der Waals surface area contributed by atoms with Gasteiger partial charge in [0, 0.05) is 30.9 Å². The molecule has 1 aliphatic rings. The molecule has 1 aromatic carbocycles. The minimum Gasteiger partial charge on any atom is -0.345 e. The molecule has 0 aliphatic heterocycles. The maximum absolute atomic E-state index is 13.2. The predicted octanol–water partition coefficient (Wildman–Crippen LogP) is 3.11. The van der Waals surface area contributed by atoms with Crippen LogP contribution >= 0.6 is 0 Å². The van der Waals surface area contributed by atoms with E-state index in [1.807, 2.05) is 49.8 Å². The van der Waals surface area contributed by atoms with Crippen LogP contribution in [0.5, 0.6) is 0 Å². The molecule has 4 aromatic heterocycles. The SMILES string of the molecule is Cn1cc(-c2cn3nccc3c(-c3ccc(CNC(=O)c4noc(C5(CF)CC5)n4)cc3)n2)cn1. The van der Waals surface area contributed by atoms with Crippen molar-refractivity contribution in [3.63, 3.8) is 0 Å². The van der Waals surface area contributed by atoms with E-state index in [0.29, 0.717) is 12.8 Å². The summed E-state index contributed by atoms with van der Waals surface area (Å²) in [7, 11) is 1.86. The molecule has 5 aromatic rings. The molecule has 11 heteroatoms. The van der Waals surface area contributed by atoms with Gasteiger partial charge in [0.05, 0.1) is 40.9 Å². The highest BCUT2D eigenvalue weighted by atomic mass is 19.1. The van der Waals surface area contributed by atoms with Gasteiger partial charge in [0.15, 0.2) is 0 Å². The van der Waals surface area contributed by atoms with Crippen LogP contribution in [-0.4, -0.2) is 47.1 Å². The molecule has 0 atom stereocenters. The zero-order valence-electron chi connectivity index (χ0n) is 18.8. The fourth-order valence-electron chi connectivity index (χ4n) is 3.96. The summed E-state index contributed by atoms with van der Waals surface area (Å²) >= 11 is 0. The summed E-state index contributed by atoms with van der Waals surface area (Å²) in [6.45, 7) is -0.281. The number of aromatic nitrogens is 7. The van der Waals surface area contributed by atoms with Gasteiger partial charge in [-0.25, -0.2) is 13.9 Å². The molecule has 1 amide bonds. The molecule has 0 radical (unpaired) electrons. The molecule has 0 spiro atoms. The van der Waals surface area contributed by atoms with E-state index in [2.05, 4.69) is 25.7 Å². The van der Waals surface area contributed by atoms with E-state index in [9.17, 15) is 9.18 Å². The molecule has 1 aliphatic carbocycles. The Labute approximate surface area is 198 Å². The number of nitrogens with one attached hydrogen (secondary N) is 1. The molecule has 0 saturated heterocycles. The predicted molar refractivity (Wildman–Crippen MR) is 123 cm³/mol. The van der Waals surface area contributed by atoms with Crippen molar-refractivity contribution in [2.45, 2.75) is 24.8 Å². The van der Waals surface area contributed by atoms with Crippen molar-refractivity contribution in [2.24, 2.45) is 7.05 Å². The Balaban J connectivity index is 1.19. The van der Waals surface area contributed by atoms with Crippen molar-refractivity contribution < 1.29 is 13.7 Å². The van der Waals surface area contributed by atoms with Gasteiger partial charge in [-0.1, -0.05) is 29.4 Å². The van der Waals surface area contributed by atoms with E-state index in [-0.39, 0.29) is 18.3 Å². The Morgan fingerprint density at radius 2 is 1.94 bits per heavy atom. The first kappa shape index (κ1) is 21.1. The lowest BCUT2D eigenvalue weighted by atomic mass is 10.1. The molecule has 1 saturated carbocycles. The van der Waals surface area contributed by atoms with Crippen LogP contribution in [0.4, 0.5) is 4.39 Å². The molecule has 10 nitrogen and oxygen atoms in total. The second-order valence-electron chi connectivity index (χ2n) is 8.76. The van der Waals surface area contributed by atoms with Gasteiger partial charge in [-0.05, 0) is 24.5 Å². The Kier molecular flexibility index (Phi) is 4.90. The highest BCUT2D eigenvalue weighted by Crippen LogP contribution is 2.47. The summed E-state index contributed by atoms with van der Waals surface area (Å²) in [5.74, 6) is -0.358. The van der Waals surface area contributed by atoms with Crippen LogP contribution in [0.3, 0.4) is 0 Å². The second kappa shape index (κ2) is 8.12. The maximum Gasteiger partial charge on any atom is 0.292 e. The largest absolute Gasteiger partial charge is 0.345 e. The van der Waals surface area contributed by atoms with Crippen LogP contribution in [-0.2, 0) is 19.0 Å². The van der Waals surface area contributed by atoms with E-state index in [1.54, 1.807) is 21.6 Å². The second-order valence-corrected chi connectivity index (χ2v) is 8.76. The fourth-order valence-corrected chi connectivity index (χ4v) is 3.96. The van der Waals surface area contributed by atoms with Crippen molar-refractivity contribution in [3.05, 3.63) is 72.4 Å². The number of nitrogens with zero attached hydrogens (tertiary/aromatic N) is 7. The van der Waals surface area contributed by atoms with Gasteiger partial charge in [0.25, 0.3) is 11.7 Å². The van der Waals surface area contributed by atoms with Crippen molar-refractivity contribution in [2.75, 3.05) is 6.67 Å². The number of hydrogen-bond donors (Lipinski definition) is 1. The molecule has 6 rings (SSSR count). The normalized spacial score (nSPS) is 14.3. The minimum absolute atomic E-state index is 0.0871. The molecular formula is C24H21FN8O2. The van der Waals surface area contributed by atoms with E-state index in [0.717, 1.165) is 33.6 Å². The number of hydrogen-bond acceptors (Lipinski definition) is 7. The third-order valence-electron chi connectivity index (χ3n) is 6.26. The Morgan fingerprint density at radius 1 is 1.11 bits per heavy atom. The number of aryl methyl sites for hydroxylation is 1. The summed E-state index contributed by atoms with van der Waals surface area (Å²) in [4.78, 5) is 21.4. The van der Waals surface area contributed by atoms with Crippen LogP contribution < -0.4 is 5.32 Å². The van der Waals surface area contributed by atoms with Gasteiger partial charge in [0.1, 0.15) is 6.67 Å². The van der Waals surface area contributed by atoms with Gasteiger partial charge in [-0.3, -0.25) is 9.48 Å². The van der Waals surface area contributed by atoms with Crippen LogP contribution in [0.2, 0.25) is 0 Å². The van der Waals surface area contributed by atoms with Gasteiger partial charge >= 0.3 is 0 Å². The highest BCUT2D eigenvalue weighted by Gasteiger charge is 2.50. The van der Waals surface area contributed by atoms with Crippen molar-refractivity contribution in [1.82, 2.24) is 39.8 Å². The van der Waals surface area contributed by atoms with Crippen LogP contribution in [0.15, 0.2) is 59.6 Å². The Bertz CT molecular complexity index is 1530. The van der Waals surface area contributed by atoms with E-state index >= 15 is 0 Å². The number of fused-ring (bicyclic) bond motifs is 1. The molecule has 176 valence electrons. The summed E-state index contributed by atoms with van der Waals surface area (Å²) < 4.78 is 21.8. The van der Waals surface area contributed by atoms with Gasteiger partial charge in [-0.15, -0.1) is 0 Å². The molecule has 1 fully saturated rings. The molecule has 0 bridgehead atoms. The monoisotopic (exact) mass is 472 g/mol. The van der Waals surface area contributed by atoms with Gasteiger partial charge < -0.3 is 9.84 Å². The number of alkyl halides is 1. The number of amides is 1. The smallest absolute Gasteiger partial charge is 0.292 e. The van der Waals surface area contributed by atoms with Crippen molar-refractivity contribution in [3.8, 4) is 22.5 Å². The first-order valence-electron chi connectivity index (χ1n) is 11.2. The average molecular weight is 472 g/mol. The standard InChI is InChI=1S/C24H21FN8O2/c1-32-12-17(11-28-32)18-13-33-19(6-9-27-33)20(29-18)16-4-2-15(3-5-16)10-26-22(34)21-30-23(35-31-21)24(14-25)7-8-24/h2-6,9,11-13H,7-8,10,14H2,1H3,(H,26,34). The Hall–Kier alpha value is -4.41. The summed E-state index contributed by atoms with van der Waals surface area (Å²) in [6, 6.07) is 9.66. The molecule has 1 N–H and O–H groups in total. The lowest BCUT2D eigenvalue weighted by molar-refractivity contribution is 0.0937. The average Bonchev–Trinajstić information content (AvgIpc) is 3.25. The summed E-state index contributed by atoms with van der Waals surface area (Å²) in [5.41, 5.74) is 4.45. The zero-order valence-corrected chi connectivity index (χ0v) is 18.8. The molecule has 4 heterocycles.